The van der Waals surface area contributed by atoms with Gasteiger partial charge < -0.3 is 10.2 Å². The van der Waals surface area contributed by atoms with E-state index in [4.69, 9.17) is 10.2 Å². The SMILES string of the molecule is CCCCCCCC=CCCC=C(O)O. The zero-order chi connectivity index (χ0) is 11.4. The third-order valence-electron chi connectivity index (χ3n) is 2.30. The van der Waals surface area contributed by atoms with E-state index >= 15 is 0 Å². The largest absolute Gasteiger partial charge is 0.481 e. The number of hydrogen-bond donors (Lipinski definition) is 2. The van der Waals surface area contributed by atoms with E-state index in [2.05, 4.69) is 19.1 Å². The van der Waals surface area contributed by atoms with Crippen molar-refractivity contribution in [2.75, 3.05) is 0 Å². The fourth-order valence-corrected chi connectivity index (χ4v) is 1.41. The first-order chi connectivity index (χ1) is 7.27. The average molecular weight is 212 g/mol. The normalized spacial score (nSPS) is 10.7. The molecule has 0 aliphatic carbocycles. The number of aliphatic hydroxyl groups excluding tert-OH is 1. The van der Waals surface area contributed by atoms with Crippen LogP contribution >= 0.6 is 0 Å². The minimum atomic E-state index is -0.567. The van der Waals surface area contributed by atoms with Crippen molar-refractivity contribution in [1.29, 1.82) is 0 Å². The summed E-state index contributed by atoms with van der Waals surface area (Å²) in [5.41, 5.74) is 0. The van der Waals surface area contributed by atoms with Gasteiger partial charge >= 0.3 is 0 Å². The van der Waals surface area contributed by atoms with Gasteiger partial charge in [0.25, 0.3) is 5.95 Å². The molecule has 88 valence electrons. The number of unbranched alkanes of at least 4 members (excludes halogenated alkanes) is 6. The maximum absolute atomic E-state index is 8.47. The molecule has 0 rings (SSSR count). The molecule has 0 bridgehead atoms. The fraction of sp³-hybridized carbons (Fsp3) is 0.692. The van der Waals surface area contributed by atoms with Crippen molar-refractivity contribution in [1.82, 2.24) is 0 Å². The maximum atomic E-state index is 8.47. The Kier molecular flexibility index (Phi) is 10.5. The van der Waals surface area contributed by atoms with Crippen LogP contribution in [0.15, 0.2) is 24.2 Å². The van der Waals surface area contributed by atoms with E-state index in [1.54, 1.807) is 0 Å². The van der Waals surface area contributed by atoms with Gasteiger partial charge in [-0.3, -0.25) is 0 Å². The van der Waals surface area contributed by atoms with Gasteiger partial charge in [0, 0.05) is 0 Å². The number of hydrogen-bond acceptors (Lipinski definition) is 2. The van der Waals surface area contributed by atoms with E-state index in [0.717, 1.165) is 12.8 Å². The van der Waals surface area contributed by atoms with Crippen molar-refractivity contribution < 1.29 is 10.2 Å². The van der Waals surface area contributed by atoms with Crippen LogP contribution in [-0.4, -0.2) is 10.2 Å². The Hall–Kier alpha value is -0.920. The van der Waals surface area contributed by atoms with Crippen LogP contribution in [0, 0.1) is 0 Å². The van der Waals surface area contributed by atoms with Crippen LogP contribution < -0.4 is 0 Å². The van der Waals surface area contributed by atoms with Crippen molar-refractivity contribution >= 4 is 0 Å². The lowest BCUT2D eigenvalue weighted by Gasteiger charge is -1.95. The summed E-state index contributed by atoms with van der Waals surface area (Å²) < 4.78 is 0. The standard InChI is InChI=1S/C13H24O2/c1-2-3-4-5-6-7-8-9-10-11-12-13(14)15/h8-9,12,14-15H,2-7,10-11H2,1H3. The zero-order valence-electron chi connectivity index (χ0n) is 9.78. The molecule has 0 unspecified atom stereocenters. The average Bonchev–Trinajstić information content (AvgIpc) is 2.20. The minimum Gasteiger partial charge on any atom is -0.481 e. The van der Waals surface area contributed by atoms with E-state index in [0.29, 0.717) is 6.42 Å². The van der Waals surface area contributed by atoms with Crippen LogP contribution in [0.2, 0.25) is 0 Å². The summed E-state index contributed by atoms with van der Waals surface area (Å²) >= 11 is 0. The summed E-state index contributed by atoms with van der Waals surface area (Å²) in [5, 5.41) is 16.9. The monoisotopic (exact) mass is 212 g/mol. The predicted octanol–water partition coefficient (Wildman–Crippen LogP) is 4.64. The molecule has 0 fully saturated rings. The molecule has 2 heteroatoms. The molecule has 15 heavy (non-hydrogen) atoms. The van der Waals surface area contributed by atoms with Gasteiger partial charge in [-0.25, -0.2) is 0 Å². The summed E-state index contributed by atoms with van der Waals surface area (Å²) in [6.45, 7) is 2.23. The maximum Gasteiger partial charge on any atom is 0.269 e. The molecule has 0 atom stereocenters. The molecule has 0 aromatic heterocycles. The van der Waals surface area contributed by atoms with Gasteiger partial charge in [0.2, 0.25) is 0 Å². The molecular formula is C13H24O2. The molecule has 0 radical (unpaired) electrons. The first kappa shape index (κ1) is 14.1. The lowest BCUT2D eigenvalue weighted by atomic mass is 10.1. The molecule has 0 spiro atoms. The zero-order valence-corrected chi connectivity index (χ0v) is 9.78. The summed E-state index contributed by atoms with van der Waals surface area (Å²) in [6, 6.07) is 0. The van der Waals surface area contributed by atoms with Crippen molar-refractivity contribution in [3.63, 3.8) is 0 Å². The van der Waals surface area contributed by atoms with Crippen molar-refractivity contribution in [3.05, 3.63) is 24.2 Å². The second-order valence-corrected chi connectivity index (χ2v) is 3.81. The van der Waals surface area contributed by atoms with Crippen LogP contribution in [0.3, 0.4) is 0 Å². The lowest BCUT2D eigenvalue weighted by Crippen LogP contribution is -1.77. The molecule has 0 amide bonds. The van der Waals surface area contributed by atoms with Gasteiger partial charge in [0.05, 0.1) is 0 Å². The van der Waals surface area contributed by atoms with Gasteiger partial charge in [-0.15, -0.1) is 0 Å². The highest BCUT2D eigenvalue weighted by Gasteiger charge is 1.86. The highest BCUT2D eigenvalue weighted by atomic mass is 16.5. The van der Waals surface area contributed by atoms with Crippen LogP contribution in [0.5, 0.6) is 0 Å². The highest BCUT2D eigenvalue weighted by Crippen LogP contribution is 2.06. The lowest BCUT2D eigenvalue weighted by molar-refractivity contribution is 0.189. The molecule has 0 aromatic rings. The van der Waals surface area contributed by atoms with Gasteiger partial charge in [0.15, 0.2) is 0 Å². The van der Waals surface area contributed by atoms with Gasteiger partial charge in [-0.1, -0.05) is 44.8 Å². The molecule has 0 aromatic carbocycles. The molecular weight excluding hydrogens is 188 g/mol. The van der Waals surface area contributed by atoms with Crippen LogP contribution in [-0.2, 0) is 0 Å². The van der Waals surface area contributed by atoms with Crippen molar-refractivity contribution in [2.45, 2.75) is 58.3 Å². The fourth-order valence-electron chi connectivity index (χ4n) is 1.41. The molecule has 0 aliphatic rings. The second kappa shape index (κ2) is 11.2. The van der Waals surface area contributed by atoms with Crippen molar-refractivity contribution in [2.24, 2.45) is 0 Å². The Morgan fingerprint density at radius 2 is 1.53 bits per heavy atom. The smallest absolute Gasteiger partial charge is 0.269 e. The summed E-state index contributed by atoms with van der Waals surface area (Å²) in [7, 11) is 0. The molecule has 0 saturated carbocycles. The van der Waals surface area contributed by atoms with Crippen LogP contribution in [0.25, 0.3) is 0 Å². The Balaban J connectivity index is 3.14. The predicted molar refractivity (Wildman–Crippen MR) is 65.1 cm³/mol. The van der Waals surface area contributed by atoms with Gasteiger partial charge in [-0.05, 0) is 31.8 Å². The molecule has 0 aliphatic heterocycles. The first-order valence-corrected chi connectivity index (χ1v) is 6.00. The van der Waals surface area contributed by atoms with E-state index < -0.39 is 5.95 Å². The minimum absolute atomic E-state index is 0.567. The number of rotatable bonds is 9. The summed E-state index contributed by atoms with van der Waals surface area (Å²) in [6.07, 6.45) is 15.1. The Labute approximate surface area is 93.3 Å². The third kappa shape index (κ3) is 13.1. The Morgan fingerprint density at radius 3 is 2.20 bits per heavy atom. The van der Waals surface area contributed by atoms with Gasteiger partial charge in [-0.2, -0.15) is 0 Å². The van der Waals surface area contributed by atoms with Crippen molar-refractivity contribution in [3.8, 4) is 0 Å². The van der Waals surface area contributed by atoms with E-state index in [-0.39, 0.29) is 0 Å². The summed E-state index contributed by atoms with van der Waals surface area (Å²) in [4.78, 5) is 0. The summed E-state index contributed by atoms with van der Waals surface area (Å²) in [5.74, 6) is -0.567. The molecule has 2 N–H and O–H groups in total. The number of aliphatic hydroxyl groups is 2. The first-order valence-electron chi connectivity index (χ1n) is 6.00. The molecule has 0 saturated heterocycles. The van der Waals surface area contributed by atoms with Crippen LogP contribution in [0.1, 0.15) is 58.3 Å². The van der Waals surface area contributed by atoms with E-state index in [9.17, 15) is 0 Å². The van der Waals surface area contributed by atoms with E-state index in [1.807, 2.05) is 0 Å². The second-order valence-electron chi connectivity index (χ2n) is 3.81. The molecule has 0 heterocycles. The Bertz CT molecular complexity index is 179. The molecule has 2 nitrogen and oxygen atoms in total. The Morgan fingerprint density at radius 1 is 0.867 bits per heavy atom. The van der Waals surface area contributed by atoms with E-state index in [1.165, 1.54) is 38.2 Å². The number of allylic oxidation sites excluding steroid dienone is 3. The van der Waals surface area contributed by atoms with Gasteiger partial charge in [0.1, 0.15) is 0 Å². The quantitative estimate of drug-likeness (QED) is 0.332. The highest BCUT2D eigenvalue weighted by molar-refractivity contribution is 4.87. The topological polar surface area (TPSA) is 40.5 Å². The third-order valence-corrected chi connectivity index (χ3v) is 2.30. The van der Waals surface area contributed by atoms with Crippen LogP contribution in [0.4, 0.5) is 0 Å².